The van der Waals surface area contributed by atoms with Crippen LogP contribution in [0.3, 0.4) is 0 Å². The van der Waals surface area contributed by atoms with E-state index in [1.54, 1.807) is 0 Å². The highest BCUT2D eigenvalue weighted by Gasteiger charge is 2.19. The Hall–Kier alpha value is -0.960. The standard InChI is InChI=1S/C13H19F2N/c1-4-16-12(13(14)15)8-11-6-9(2)5-10(3)7-11/h5-7,12-13,16H,4,8H2,1-3H3. The van der Waals surface area contributed by atoms with Gasteiger partial charge in [-0.05, 0) is 32.4 Å². The Morgan fingerprint density at radius 1 is 1.12 bits per heavy atom. The first-order valence-electron chi connectivity index (χ1n) is 5.61. The second-order valence-corrected chi connectivity index (χ2v) is 4.20. The number of halogens is 2. The molecule has 0 heterocycles. The highest BCUT2D eigenvalue weighted by atomic mass is 19.3. The molecule has 0 aliphatic rings. The van der Waals surface area contributed by atoms with E-state index < -0.39 is 12.5 Å². The van der Waals surface area contributed by atoms with Crippen molar-refractivity contribution in [3.05, 3.63) is 34.9 Å². The maximum atomic E-state index is 12.7. The minimum absolute atomic E-state index is 0.383. The molecule has 1 aromatic carbocycles. The second-order valence-electron chi connectivity index (χ2n) is 4.20. The first-order valence-corrected chi connectivity index (χ1v) is 5.61. The largest absolute Gasteiger partial charge is 0.309 e. The lowest BCUT2D eigenvalue weighted by Gasteiger charge is -2.17. The van der Waals surface area contributed by atoms with Gasteiger partial charge < -0.3 is 5.32 Å². The Balaban J connectivity index is 2.76. The van der Waals surface area contributed by atoms with Crippen molar-refractivity contribution in [2.45, 2.75) is 39.7 Å². The van der Waals surface area contributed by atoms with Gasteiger partial charge in [0.15, 0.2) is 0 Å². The van der Waals surface area contributed by atoms with E-state index >= 15 is 0 Å². The van der Waals surface area contributed by atoms with Crippen LogP contribution in [0.5, 0.6) is 0 Å². The van der Waals surface area contributed by atoms with Gasteiger partial charge in [0.25, 0.3) is 6.43 Å². The fourth-order valence-electron chi connectivity index (χ4n) is 1.95. The van der Waals surface area contributed by atoms with Crippen LogP contribution in [-0.2, 0) is 6.42 Å². The Bertz CT molecular complexity index is 316. The minimum atomic E-state index is -2.32. The van der Waals surface area contributed by atoms with Crippen LogP contribution in [-0.4, -0.2) is 19.0 Å². The van der Waals surface area contributed by atoms with Gasteiger partial charge in [0.05, 0.1) is 6.04 Å². The molecule has 0 radical (unpaired) electrons. The van der Waals surface area contributed by atoms with E-state index in [-0.39, 0.29) is 0 Å². The SMILES string of the molecule is CCNC(Cc1cc(C)cc(C)c1)C(F)F. The zero-order chi connectivity index (χ0) is 12.1. The average Bonchev–Trinajstić information content (AvgIpc) is 2.15. The number of aryl methyl sites for hydroxylation is 2. The van der Waals surface area contributed by atoms with E-state index in [0.29, 0.717) is 13.0 Å². The van der Waals surface area contributed by atoms with Crippen molar-refractivity contribution in [1.29, 1.82) is 0 Å². The quantitative estimate of drug-likeness (QED) is 0.815. The lowest BCUT2D eigenvalue weighted by molar-refractivity contribution is 0.0990. The summed E-state index contributed by atoms with van der Waals surface area (Å²) in [4.78, 5) is 0. The van der Waals surface area contributed by atoms with E-state index in [9.17, 15) is 8.78 Å². The van der Waals surface area contributed by atoms with Crippen molar-refractivity contribution in [1.82, 2.24) is 5.32 Å². The molecular formula is C13H19F2N. The van der Waals surface area contributed by atoms with Gasteiger partial charge in [-0.15, -0.1) is 0 Å². The van der Waals surface area contributed by atoms with E-state index in [4.69, 9.17) is 0 Å². The Morgan fingerprint density at radius 3 is 2.12 bits per heavy atom. The number of rotatable bonds is 5. The molecule has 0 saturated heterocycles. The van der Waals surface area contributed by atoms with E-state index in [1.807, 2.05) is 39.0 Å². The molecule has 3 heteroatoms. The van der Waals surface area contributed by atoms with E-state index in [0.717, 1.165) is 16.7 Å². The predicted molar refractivity (Wildman–Crippen MR) is 63.1 cm³/mol. The first-order chi connectivity index (χ1) is 7.52. The van der Waals surface area contributed by atoms with Crippen molar-refractivity contribution in [2.24, 2.45) is 0 Å². The van der Waals surface area contributed by atoms with Gasteiger partial charge in [0.1, 0.15) is 0 Å². The molecule has 0 aliphatic heterocycles. The maximum absolute atomic E-state index is 12.7. The summed E-state index contributed by atoms with van der Waals surface area (Å²) in [7, 11) is 0. The second kappa shape index (κ2) is 5.94. The molecule has 1 nitrogen and oxygen atoms in total. The topological polar surface area (TPSA) is 12.0 Å². The fraction of sp³-hybridized carbons (Fsp3) is 0.538. The van der Waals surface area contributed by atoms with Crippen molar-refractivity contribution >= 4 is 0 Å². The van der Waals surface area contributed by atoms with Crippen LogP contribution in [0.15, 0.2) is 18.2 Å². The average molecular weight is 227 g/mol. The van der Waals surface area contributed by atoms with Crippen LogP contribution in [0.1, 0.15) is 23.6 Å². The van der Waals surface area contributed by atoms with Gasteiger partial charge in [-0.2, -0.15) is 0 Å². The van der Waals surface area contributed by atoms with Gasteiger partial charge in [-0.25, -0.2) is 8.78 Å². The Morgan fingerprint density at radius 2 is 1.69 bits per heavy atom. The minimum Gasteiger partial charge on any atom is -0.309 e. The van der Waals surface area contributed by atoms with Crippen LogP contribution in [0.25, 0.3) is 0 Å². The number of alkyl halides is 2. The summed E-state index contributed by atoms with van der Waals surface area (Å²) < 4.78 is 25.4. The third-order valence-corrected chi connectivity index (χ3v) is 2.51. The molecule has 0 bridgehead atoms. The smallest absolute Gasteiger partial charge is 0.254 e. The van der Waals surface area contributed by atoms with Gasteiger partial charge in [-0.3, -0.25) is 0 Å². The molecule has 1 aromatic rings. The molecule has 0 amide bonds. The third-order valence-electron chi connectivity index (χ3n) is 2.51. The van der Waals surface area contributed by atoms with Crippen LogP contribution in [0.2, 0.25) is 0 Å². The number of likely N-dealkylation sites (N-methyl/N-ethyl adjacent to an activating group) is 1. The molecular weight excluding hydrogens is 208 g/mol. The number of benzene rings is 1. The molecule has 1 N–H and O–H groups in total. The summed E-state index contributed by atoms with van der Waals surface area (Å²) in [5.74, 6) is 0. The first kappa shape index (κ1) is 13.1. The van der Waals surface area contributed by atoms with E-state index in [2.05, 4.69) is 5.32 Å². The summed E-state index contributed by atoms with van der Waals surface area (Å²) in [6.07, 6.45) is -1.94. The fourth-order valence-corrected chi connectivity index (χ4v) is 1.95. The molecule has 16 heavy (non-hydrogen) atoms. The zero-order valence-corrected chi connectivity index (χ0v) is 10.1. The van der Waals surface area contributed by atoms with E-state index in [1.165, 1.54) is 0 Å². The monoisotopic (exact) mass is 227 g/mol. The number of nitrogens with one attached hydrogen (secondary N) is 1. The molecule has 0 aliphatic carbocycles. The molecule has 1 atom stereocenters. The van der Waals surface area contributed by atoms with Crippen LogP contribution < -0.4 is 5.32 Å². The molecule has 1 rings (SSSR count). The highest BCUT2D eigenvalue weighted by Crippen LogP contribution is 2.13. The summed E-state index contributed by atoms with van der Waals surface area (Å²) in [6.45, 7) is 6.39. The summed E-state index contributed by atoms with van der Waals surface area (Å²) in [5.41, 5.74) is 3.22. The molecule has 90 valence electrons. The molecule has 0 aromatic heterocycles. The normalized spacial score (nSPS) is 13.1. The van der Waals surface area contributed by atoms with Crippen molar-refractivity contribution < 1.29 is 8.78 Å². The lowest BCUT2D eigenvalue weighted by Crippen LogP contribution is -2.37. The Kier molecular flexibility index (Phi) is 4.87. The molecule has 1 unspecified atom stereocenters. The zero-order valence-electron chi connectivity index (χ0n) is 10.1. The van der Waals surface area contributed by atoms with Crippen LogP contribution in [0.4, 0.5) is 8.78 Å². The molecule has 0 fully saturated rings. The highest BCUT2D eigenvalue weighted by molar-refractivity contribution is 5.29. The van der Waals surface area contributed by atoms with Gasteiger partial charge in [0.2, 0.25) is 0 Å². The van der Waals surface area contributed by atoms with Crippen molar-refractivity contribution in [3.63, 3.8) is 0 Å². The summed E-state index contributed by atoms with van der Waals surface area (Å²) in [6, 6.07) is 5.25. The van der Waals surface area contributed by atoms with Crippen molar-refractivity contribution in [3.8, 4) is 0 Å². The van der Waals surface area contributed by atoms with Crippen molar-refractivity contribution in [2.75, 3.05) is 6.54 Å². The summed E-state index contributed by atoms with van der Waals surface area (Å²) in [5, 5.41) is 2.82. The predicted octanol–water partition coefficient (Wildman–Crippen LogP) is 3.09. The molecule has 0 saturated carbocycles. The number of hydrogen-bond donors (Lipinski definition) is 1. The Labute approximate surface area is 95.9 Å². The van der Waals surface area contributed by atoms with Gasteiger partial charge in [-0.1, -0.05) is 36.2 Å². The molecule has 0 spiro atoms. The maximum Gasteiger partial charge on any atom is 0.254 e. The third kappa shape index (κ3) is 3.89. The van der Waals surface area contributed by atoms with Crippen LogP contribution in [0, 0.1) is 13.8 Å². The summed E-state index contributed by atoms with van der Waals surface area (Å²) >= 11 is 0. The lowest BCUT2D eigenvalue weighted by atomic mass is 10.0. The van der Waals surface area contributed by atoms with Gasteiger partial charge >= 0.3 is 0 Å². The van der Waals surface area contributed by atoms with Crippen LogP contribution >= 0.6 is 0 Å². The number of hydrogen-bond acceptors (Lipinski definition) is 1. The van der Waals surface area contributed by atoms with Gasteiger partial charge in [0, 0.05) is 0 Å².